The van der Waals surface area contributed by atoms with Crippen LogP contribution in [0.4, 0.5) is 0 Å². The van der Waals surface area contributed by atoms with Crippen LogP contribution in [0.1, 0.15) is 63.5 Å². The smallest absolute Gasteiger partial charge is 0.00516 e. The zero-order valence-corrected chi connectivity index (χ0v) is 16.9. The first-order valence-electron chi connectivity index (χ1n) is 9.59. The highest BCUT2D eigenvalue weighted by atomic mass is 32.2. The Morgan fingerprint density at radius 3 is 2.60 bits per heavy atom. The topological polar surface area (TPSA) is 0 Å². The summed E-state index contributed by atoms with van der Waals surface area (Å²) in [7, 11) is 0. The van der Waals surface area contributed by atoms with Crippen LogP contribution in [0.25, 0.3) is 0 Å². The summed E-state index contributed by atoms with van der Waals surface area (Å²) in [4.78, 5) is 1.60. The van der Waals surface area contributed by atoms with Crippen LogP contribution >= 0.6 is 11.8 Å². The van der Waals surface area contributed by atoms with Gasteiger partial charge >= 0.3 is 0 Å². The summed E-state index contributed by atoms with van der Waals surface area (Å²) in [6, 6.07) is 9.38. The lowest BCUT2D eigenvalue weighted by molar-refractivity contribution is 0.594. The molecule has 0 N–H and O–H groups in total. The molecule has 1 aromatic rings. The summed E-state index contributed by atoms with van der Waals surface area (Å²) < 4.78 is 0. The second-order valence-corrected chi connectivity index (χ2v) is 8.10. The number of benzene rings is 1. The van der Waals surface area contributed by atoms with Crippen molar-refractivity contribution in [3.05, 3.63) is 82.3 Å². The van der Waals surface area contributed by atoms with Crippen LogP contribution in [0, 0.1) is 0 Å². The number of hydrogen-bond donors (Lipinski definition) is 0. The van der Waals surface area contributed by atoms with E-state index >= 15 is 0 Å². The highest BCUT2D eigenvalue weighted by Crippen LogP contribution is 2.43. The van der Waals surface area contributed by atoms with Gasteiger partial charge in [-0.25, -0.2) is 0 Å². The van der Waals surface area contributed by atoms with Crippen molar-refractivity contribution in [2.24, 2.45) is 0 Å². The Balaban J connectivity index is 2.21. The zero-order valence-electron chi connectivity index (χ0n) is 16.1. The molecule has 0 aliphatic heterocycles. The number of allylic oxidation sites excluding steroid dienone is 7. The van der Waals surface area contributed by atoms with Crippen LogP contribution in [0.2, 0.25) is 0 Å². The molecule has 2 rings (SSSR count). The highest BCUT2D eigenvalue weighted by molar-refractivity contribution is 8.03. The Hall–Kier alpha value is -1.47. The van der Waals surface area contributed by atoms with E-state index in [-0.39, 0.29) is 0 Å². The molecule has 0 amide bonds. The van der Waals surface area contributed by atoms with E-state index in [2.05, 4.69) is 63.8 Å². The molecule has 0 unspecified atom stereocenters. The molecule has 1 heteroatoms. The molecule has 0 nitrogen and oxygen atoms in total. The van der Waals surface area contributed by atoms with Crippen molar-refractivity contribution >= 4 is 11.8 Å². The first-order valence-corrected chi connectivity index (χ1v) is 10.6. The number of aryl methyl sites for hydroxylation is 1. The minimum Gasteiger partial charge on any atom is -0.131 e. The predicted molar refractivity (Wildman–Crippen MR) is 115 cm³/mol. The molecule has 0 bridgehead atoms. The molecule has 0 heterocycles. The Labute approximate surface area is 158 Å². The van der Waals surface area contributed by atoms with Crippen LogP contribution in [0.3, 0.4) is 0 Å². The third-order valence-corrected chi connectivity index (χ3v) is 5.97. The van der Waals surface area contributed by atoms with E-state index in [4.69, 9.17) is 0 Å². The summed E-state index contributed by atoms with van der Waals surface area (Å²) in [5, 5.41) is 0. The number of rotatable bonds is 8. The van der Waals surface area contributed by atoms with Crippen molar-refractivity contribution in [1.82, 2.24) is 0 Å². The minimum absolute atomic E-state index is 0.651. The quantitative estimate of drug-likeness (QED) is 0.434. The van der Waals surface area contributed by atoms with E-state index in [9.17, 15) is 0 Å². The third-order valence-electron chi connectivity index (χ3n) is 4.88. The molecule has 1 atom stereocenters. The fourth-order valence-electron chi connectivity index (χ4n) is 3.54. The maximum absolute atomic E-state index is 3.75. The molecule has 134 valence electrons. The maximum atomic E-state index is 3.75. The van der Waals surface area contributed by atoms with E-state index in [0.717, 1.165) is 5.75 Å². The van der Waals surface area contributed by atoms with Crippen LogP contribution in [0.15, 0.2) is 71.2 Å². The van der Waals surface area contributed by atoms with Crippen molar-refractivity contribution in [3.8, 4) is 0 Å². The lowest BCUT2D eigenvalue weighted by Gasteiger charge is -2.28. The lowest BCUT2D eigenvalue weighted by Crippen LogP contribution is -2.09. The largest absolute Gasteiger partial charge is 0.131 e. The van der Waals surface area contributed by atoms with Crippen molar-refractivity contribution < 1.29 is 0 Å². The molecule has 1 aliphatic rings. The zero-order chi connectivity index (χ0) is 18.1. The average molecular weight is 353 g/mol. The van der Waals surface area contributed by atoms with Gasteiger partial charge in [-0.3, -0.25) is 0 Å². The summed E-state index contributed by atoms with van der Waals surface area (Å²) in [5.41, 5.74) is 5.94. The summed E-state index contributed by atoms with van der Waals surface area (Å²) in [6.07, 6.45) is 14.2. The van der Waals surface area contributed by atoms with Gasteiger partial charge < -0.3 is 0 Å². The summed E-state index contributed by atoms with van der Waals surface area (Å²) >= 11 is 2.03. The first kappa shape index (κ1) is 19.8. The minimum atomic E-state index is 0.651. The van der Waals surface area contributed by atoms with Gasteiger partial charge in [0.1, 0.15) is 0 Å². The van der Waals surface area contributed by atoms with Gasteiger partial charge in [0.05, 0.1) is 0 Å². The van der Waals surface area contributed by atoms with Crippen LogP contribution < -0.4 is 0 Å². The molecule has 0 saturated carbocycles. The maximum Gasteiger partial charge on any atom is -0.00516 e. The molecular formula is C24H32S. The molecule has 1 aromatic carbocycles. The summed E-state index contributed by atoms with van der Waals surface area (Å²) in [6.45, 7) is 10.5. The molecule has 0 radical (unpaired) electrons. The van der Waals surface area contributed by atoms with Crippen LogP contribution in [0.5, 0.6) is 0 Å². The Morgan fingerprint density at radius 1 is 1.20 bits per heavy atom. The fraction of sp³-hybridized carbons (Fsp3) is 0.417. The van der Waals surface area contributed by atoms with Gasteiger partial charge in [-0.2, -0.15) is 0 Å². The molecule has 0 aromatic heterocycles. The van der Waals surface area contributed by atoms with Gasteiger partial charge in [0.25, 0.3) is 0 Å². The van der Waals surface area contributed by atoms with E-state index < -0.39 is 0 Å². The molecule has 0 saturated heterocycles. The lowest BCUT2D eigenvalue weighted by atomic mass is 9.81. The molecule has 1 aliphatic carbocycles. The Kier molecular flexibility index (Phi) is 8.34. The Bertz CT molecular complexity index is 643. The summed E-state index contributed by atoms with van der Waals surface area (Å²) in [5.74, 6) is 1.81. The van der Waals surface area contributed by atoms with Gasteiger partial charge in [-0.05, 0) is 71.5 Å². The van der Waals surface area contributed by atoms with E-state index in [1.54, 1.807) is 10.5 Å². The van der Waals surface area contributed by atoms with Crippen molar-refractivity contribution in [3.63, 3.8) is 0 Å². The van der Waals surface area contributed by atoms with Crippen molar-refractivity contribution in [2.75, 3.05) is 5.75 Å². The van der Waals surface area contributed by atoms with Crippen molar-refractivity contribution in [1.29, 1.82) is 0 Å². The average Bonchev–Trinajstić information content (AvgIpc) is 2.63. The molecule has 25 heavy (non-hydrogen) atoms. The van der Waals surface area contributed by atoms with Gasteiger partial charge in [-0.15, -0.1) is 11.8 Å². The van der Waals surface area contributed by atoms with Crippen LogP contribution in [-0.2, 0) is 6.42 Å². The number of thioether (sulfide) groups is 1. The third kappa shape index (κ3) is 5.78. The highest BCUT2D eigenvalue weighted by Gasteiger charge is 2.23. The van der Waals surface area contributed by atoms with Crippen LogP contribution in [-0.4, -0.2) is 5.75 Å². The van der Waals surface area contributed by atoms with E-state index in [1.807, 2.05) is 23.9 Å². The molecular weight excluding hydrogens is 320 g/mol. The van der Waals surface area contributed by atoms with Gasteiger partial charge in [0, 0.05) is 0 Å². The second-order valence-electron chi connectivity index (χ2n) is 6.74. The monoisotopic (exact) mass is 352 g/mol. The standard InChI is InChI=1S/C24H32S/c1-5-8-9-11-19(4)23-18-22(16-17-24(23)25-7-3)21-14-12-20(10-6-2)13-15-21/h5,8-9,11-15,22H,1,6-7,10,16-18H2,2-4H3/b9-8-,19-11+/t22-/m0/s1. The number of hydrogen-bond acceptors (Lipinski definition) is 1. The van der Waals surface area contributed by atoms with Gasteiger partial charge in [0.15, 0.2) is 0 Å². The van der Waals surface area contributed by atoms with Crippen molar-refractivity contribution in [2.45, 2.75) is 58.8 Å². The van der Waals surface area contributed by atoms with Gasteiger partial charge in [-0.1, -0.05) is 75.4 Å². The van der Waals surface area contributed by atoms with Gasteiger partial charge in [0.2, 0.25) is 0 Å². The fourth-order valence-corrected chi connectivity index (χ4v) is 4.57. The molecule has 0 fully saturated rings. The van der Waals surface area contributed by atoms with E-state index in [1.165, 1.54) is 48.8 Å². The SMILES string of the molecule is C=C/C=C\C=C(/C)C1=C(SCC)CC[C@H](c2ccc(CCC)cc2)C1. The predicted octanol–water partition coefficient (Wildman–Crippen LogP) is 7.60. The molecule has 0 spiro atoms. The normalized spacial score (nSPS) is 18.8. The Morgan fingerprint density at radius 2 is 1.96 bits per heavy atom. The first-order chi connectivity index (χ1) is 12.2. The second kappa shape index (κ2) is 10.5. The van der Waals surface area contributed by atoms with E-state index in [0.29, 0.717) is 5.92 Å².